The first-order valence-electron chi connectivity index (χ1n) is 7.62. The number of fused-ring (bicyclic) bond motifs is 1. The standard InChI is InChI=1S/C16H23NO3S/c1-16(7-3-9-21(18,19)12-16)11-20-15-5-2-4-13-6-8-17-10-14(13)15/h2,4-5,17H,3,6-12H2,1H3. The van der Waals surface area contributed by atoms with Gasteiger partial charge in [-0.05, 0) is 37.4 Å². The highest BCUT2D eigenvalue weighted by molar-refractivity contribution is 7.91. The quantitative estimate of drug-likeness (QED) is 0.927. The molecule has 2 heterocycles. The molecule has 3 rings (SSSR count). The number of hydrogen-bond acceptors (Lipinski definition) is 4. The second kappa shape index (κ2) is 5.61. The van der Waals surface area contributed by atoms with Crippen LogP contribution in [0.1, 0.15) is 30.9 Å². The molecule has 4 nitrogen and oxygen atoms in total. The summed E-state index contributed by atoms with van der Waals surface area (Å²) in [6.45, 7) is 4.34. The summed E-state index contributed by atoms with van der Waals surface area (Å²) in [7, 11) is -2.90. The van der Waals surface area contributed by atoms with E-state index in [0.29, 0.717) is 12.4 Å². The van der Waals surface area contributed by atoms with Gasteiger partial charge in [-0.2, -0.15) is 0 Å². The van der Waals surface area contributed by atoms with Crippen LogP contribution in [0.4, 0.5) is 0 Å². The summed E-state index contributed by atoms with van der Waals surface area (Å²) in [4.78, 5) is 0. The average Bonchev–Trinajstić information content (AvgIpc) is 2.44. The minimum atomic E-state index is -2.90. The Balaban J connectivity index is 1.73. The number of sulfone groups is 1. The minimum absolute atomic E-state index is 0.243. The van der Waals surface area contributed by atoms with Crippen molar-refractivity contribution in [1.82, 2.24) is 5.32 Å². The van der Waals surface area contributed by atoms with Gasteiger partial charge in [-0.3, -0.25) is 0 Å². The lowest BCUT2D eigenvalue weighted by atomic mass is 9.88. The van der Waals surface area contributed by atoms with Crippen molar-refractivity contribution < 1.29 is 13.2 Å². The molecule has 1 saturated heterocycles. The Morgan fingerprint density at radius 1 is 1.38 bits per heavy atom. The van der Waals surface area contributed by atoms with E-state index in [-0.39, 0.29) is 11.2 Å². The average molecular weight is 309 g/mol. The van der Waals surface area contributed by atoms with Crippen molar-refractivity contribution in [3.63, 3.8) is 0 Å². The Labute approximate surface area is 126 Å². The van der Waals surface area contributed by atoms with E-state index in [1.807, 2.05) is 19.1 Å². The molecule has 0 radical (unpaired) electrons. The lowest BCUT2D eigenvalue weighted by molar-refractivity contribution is 0.165. The van der Waals surface area contributed by atoms with Gasteiger partial charge in [0.15, 0.2) is 9.84 Å². The number of hydrogen-bond donors (Lipinski definition) is 1. The zero-order valence-corrected chi connectivity index (χ0v) is 13.3. The van der Waals surface area contributed by atoms with Crippen molar-refractivity contribution in [3.05, 3.63) is 29.3 Å². The molecule has 0 aliphatic carbocycles. The maximum Gasteiger partial charge on any atom is 0.150 e. The third-order valence-corrected chi connectivity index (χ3v) is 6.53. The Morgan fingerprint density at radius 2 is 2.24 bits per heavy atom. The molecule has 116 valence electrons. The van der Waals surface area contributed by atoms with E-state index in [1.165, 1.54) is 11.1 Å². The summed E-state index contributed by atoms with van der Waals surface area (Å²) >= 11 is 0. The van der Waals surface area contributed by atoms with Crippen molar-refractivity contribution in [1.29, 1.82) is 0 Å². The van der Waals surface area contributed by atoms with Gasteiger partial charge in [-0.1, -0.05) is 19.1 Å². The van der Waals surface area contributed by atoms with Crippen LogP contribution in [-0.2, 0) is 22.8 Å². The van der Waals surface area contributed by atoms with Crippen LogP contribution < -0.4 is 10.1 Å². The summed E-state index contributed by atoms with van der Waals surface area (Å²) in [5.41, 5.74) is 2.31. The first kappa shape index (κ1) is 14.9. The van der Waals surface area contributed by atoms with Crippen molar-refractivity contribution >= 4 is 9.84 Å². The second-order valence-electron chi connectivity index (χ2n) is 6.62. The predicted octanol–water partition coefficient (Wildman–Crippen LogP) is 1.93. The summed E-state index contributed by atoms with van der Waals surface area (Å²) in [5.74, 6) is 1.48. The summed E-state index contributed by atoms with van der Waals surface area (Å²) < 4.78 is 29.7. The lowest BCUT2D eigenvalue weighted by Gasteiger charge is -2.33. The molecule has 5 heteroatoms. The van der Waals surface area contributed by atoms with E-state index >= 15 is 0 Å². The van der Waals surface area contributed by atoms with Crippen LogP contribution >= 0.6 is 0 Å². The monoisotopic (exact) mass is 309 g/mol. The molecule has 0 saturated carbocycles. The molecule has 2 aliphatic rings. The fourth-order valence-corrected chi connectivity index (χ4v) is 5.40. The van der Waals surface area contributed by atoms with E-state index in [0.717, 1.165) is 38.1 Å². The summed E-state index contributed by atoms with van der Waals surface area (Å²) in [5, 5.41) is 3.37. The molecule has 1 aromatic carbocycles. The van der Waals surface area contributed by atoms with E-state index in [9.17, 15) is 8.42 Å². The molecule has 0 amide bonds. The number of benzene rings is 1. The molecular formula is C16H23NO3S. The molecule has 21 heavy (non-hydrogen) atoms. The van der Waals surface area contributed by atoms with Crippen LogP contribution in [0.3, 0.4) is 0 Å². The Bertz CT molecular complexity index is 626. The Kier molecular flexibility index (Phi) is 3.97. The number of nitrogens with one attached hydrogen (secondary N) is 1. The van der Waals surface area contributed by atoms with Crippen LogP contribution in [-0.4, -0.2) is 33.1 Å². The van der Waals surface area contributed by atoms with Crippen molar-refractivity contribution in [2.24, 2.45) is 5.41 Å². The van der Waals surface area contributed by atoms with Crippen LogP contribution in [0.25, 0.3) is 0 Å². The highest BCUT2D eigenvalue weighted by atomic mass is 32.2. The lowest BCUT2D eigenvalue weighted by Crippen LogP contribution is -2.38. The van der Waals surface area contributed by atoms with E-state index in [2.05, 4.69) is 11.4 Å². The van der Waals surface area contributed by atoms with E-state index in [4.69, 9.17) is 4.74 Å². The molecule has 1 unspecified atom stereocenters. The first-order chi connectivity index (χ1) is 9.98. The largest absolute Gasteiger partial charge is 0.493 e. The van der Waals surface area contributed by atoms with Gasteiger partial charge in [-0.25, -0.2) is 8.42 Å². The molecule has 0 spiro atoms. The van der Waals surface area contributed by atoms with Gasteiger partial charge in [0.1, 0.15) is 5.75 Å². The second-order valence-corrected chi connectivity index (χ2v) is 8.80. The maximum atomic E-state index is 11.8. The van der Waals surface area contributed by atoms with Gasteiger partial charge >= 0.3 is 0 Å². The fourth-order valence-electron chi connectivity index (χ4n) is 3.38. The first-order valence-corrected chi connectivity index (χ1v) is 9.44. The van der Waals surface area contributed by atoms with Gasteiger partial charge < -0.3 is 10.1 Å². The van der Waals surface area contributed by atoms with Crippen LogP contribution in [0.2, 0.25) is 0 Å². The third kappa shape index (κ3) is 3.40. The molecule has 1 fully saturated rings. The highest BCUT2D eigenvalue weighted by Gasteiger charge is 2.35. The molecule has 1 atom stereocenters. The minimum Gasteiger partial charge on any atom is -0.493 e. The van der Waals surface area contributed by atoms with E-state index in [1.54, 1.807) is 0 Å². The van der Waals surface area contributed by atoms with Gasteiger partial charge in [0.05, 0.1) is 18.1 Å². The predicted molar refractivity (Wildman–Crippen MR) is 83.3 cm³/mol. The zero-order chi connectivity index (χ0) is 14.9. The van der Waals surface area contributed by atoms with Gasteiger partial charge in [-0.15, -0.1) is 0 Å². The smallest absolute Gasteiger partial charge is 0.150 e. The maximum absolute atomic E-state index is 11.8. The number of rotatable bonds is 3. The van der Waals surface area contributed by atoms with Crippen LogP contribution in [0, 0.1) is 5.41 Å². The van der Waals surface area contributed by atoms with Crippen LogP contribution in [0.5, 0.6) is 5.75 Å². The van der Waals surface area contributed by atoms with E-state index < -0.39 is 9.84 Å². The SMILES string of the molecule is CC1(COc2cccc3c2CNCC3)CCCS(=O)(=O)C1. The normalized spacial score (nSPS) is 27.9. The highest BCUT2D eigenvalue weighted by Crippen LogP contribution is 2.33. The van der Waals surface area contributed by atoms with Gasteiger partial charge in [0, 0.05) is 17.5 Å². The third-order valence-electron chi connectivity index (χ3n) is 4.48. The van der Waals surface area contributed by atoms with Crippen LogP contribution in [0.15, 0.2) is 18.2 Å². The molecule has 1 aromatic rings. The fraction of sp³-hybridized carbons (Fsp3) is 0.625. The van der Waals surface area contributed by atoms with Gasteiger partial charge in [0.2, 0.25) is 0 Å². The molecule has 1 N–H and O–H groups in total. The molecule has 0 aromatic heterocycles. The molecule has 0 bridgehead atoms. The van der Waals surface area contributed by atoms with Crippen molar-refractivity contribution in [3.8, 4) is 5.75 Å². The molecule has 2 aliphatic heterocycles. The van der Waals surface area contributed by atoms with Crippen molar-refractivity contribution in [2.45, 2.75) is 32.7 Å². The molecular weight excluding hydrogens is 286 g/mol. The number of ether oxygens (including phenoxy) is 1. The Morgan fingerprint density at radius 3 is 3.05 bits per heavy atom. The zero-order valence-electron chi connectivity index (χ0n) is 12.5. The summed E-state index contributed by atoms with van der Waals surface area (Å²) in [6, 6.07) is 6.17. The van der Waals surface area contributed by atoms with Gasteiger partial charge in [0.25, 0.3) is 0 Å². The topological polar surface area (TPSA) is 55.4 Å². The van der Waals surface area contributed by atoms with Crippen molar-refractivity contribution in [2.75, 3.05) is 24.7 Å². The summed E-state index contributed by atoms with van der Waals surface area (Å²) in [6.07, 6.45) is 2.69. The Hall–Kier alpha value is -1.07.